The molecule has 1 saturated carbocycles. The molecular formula is C8H14N4O2. The summed E-state index contributed by atoms with van der Waals surface area (Å²) < 4.78 is 0. The molecule has 0 aromatic carbocycles. The van der Waals surface area contributed by atoms with E-state index in [2.05, 4.69) is 10.0 Å². The van der Waals surface area contributed by atoms with Gasteiger partial charge < -0.3 is 0 Å². The van der Waals surface area contributed by atoms with Gasteiger partial charge in [0.05, 0.1) is 7.11 Å². The predicted octanol–water partition coefficient (Wildman–Crippen LogP) is 1.49. The monoisotopic (exact) mass is 198 g/mol. The smallest absolute Gasteiger partial charge is 0.251 e. The normalized spacial score (nSPS) is 30.1. The lowest BCUT2D eigenvalue weighted by molar-refractivity contribution is -0.185. The van der Waals surface area contributed by atoms with Gasteiger partial charge in [0.1, 0.15) is 0 Å². The summed E-state index contributed by atoms with van der Waals surface area (Å²) >= 11 is 0. The van der Waals surface area contributed by atoms with E-state index in [4.69, 9.17) is 10.4 Å². The largest absolute Gasteiger partial charge is 0.275 e. The Morgan fingerprint density at radius 2 is 2.29 bits per heavy atom. The Labute approximate surface area is 82.4 Å². The van der Waals surface area contributed by atoms with Crippen molar-refractivity contribution < 1.29 is 9.63 Å². The summed E-state index contributed by atoms with van der Waals surface area (Å²) in [5.74, 6) is -0.0654. The van der Waals surface area contributed by atoms with Gasteiger partial charge in [-0.05, 0) is 18.4 Å². The number of carbonyl (C=O) groups excluding carboxylic acids is 1. The van der Waals surface area contributed by atoms with Crippen molar-refractivity contribution in [3.05, 3.63) is 10.4 Å². The van der Waals surface area contributed by atoms with E-state index in [9.17, 15) is 4.79 Å². The molecule has 0 aliphatic heterocycles. The highest BCUT2D eigenvalue weighted by atomic mass is 16.7. The maximum absolute atomic E-state index is 11.7. The number of hydrogen-bond acceptors (Lipinski definition) is 3. The average Bonchev–Trinajstić information content (AvgIpc) is 2.13. The van der Waals surface area contributed by atoms with Crippen molar-refractivity contribution in [2.24, 2.45) is 10.5 Å². The van der Waals surface area contributed by atoms with Crippen LogP contribution < -0.4 is 0 Å². The SMILES string of the molecule is CON(C)C(=O)C1(C)CC(N=[N+]=[N-])C1. The summed E-state index contributed by atoms with van der Waals surface area (Å²) in [6.07, 6.45) is 1.20. The van der Waals surface area contributed by atoms with Crippen LogP contribution in [0.15, 0.2) is 5.11 Å². The van der Waals surface area contributed by atoms with Gasteiger partial charge in [0.25, 0.3) is 5.91 Å². The first-order chi connectivity index (χ1) is 6.53. The molecule has 1 aliphatic carbocycles. The Morgan fingerprint density at radius 1 is 1.71 bits per heavy atom. The van der Waals surface area contributed by atoms with Crippen LogP contribution in [0.2, 0.25) is 0 Å². The molecule has 1 aliphatic rings. The van der Waals surface area contributed by atoms with E-state index in [-0.39, 0.29) is 11.9 Å². The highest BCUT2D eigenvalue weighted by Gasteiger charge is 2.47. The zero-order valence-corrected chi connectivity index (χ0v) is 8.60. The first-order valence-corrected chi connectivity index (χ1v) is 4.40. The van der Waals surface area contributed by atoms with Gasteiger partial charge in [-0.1, -0.05) is 12.0 Å². The average molecular weight is 198 g/mol. The van der Waals surface area contributed by atoms with Crippen LogP contribution in [-0.4, -0.2) is 31.2 Å². The fourth-order valence-corrected chi connectivity index (χ4v) is 1.77. The fraction of sp³-hybridized carbons (Fsp3) is 0.875. The van der Waals surface area contributed by atoms with Crippen molar-refractivity contribution >= 4 is 5.91 Å². The zero-order valence-electron chi connectivity index (χ0n) is 8.60. The van der Waals surface area contributed by atoms with Crippen molar-refractivity contribution in [2.75, 3.05) is 14.2 Å². The first kappa shape index (κ1) is 10.8. The van der Waals surface area contributed by atoms with Crippen LogP contribution in [0.25, 0.3) is 10.4 Å². The van der Waals surface area contributed by atoms with Gasteiger partial charge >= 0.3 is 0 Å². The number of amides is 1. The van der Waals surface area contributed by atoms with Gasteiger partial charge in [-0.2, -0.15) is 0 Å². The lowest BCUT2D eigenvalue weighted by Crippen LogP contribution is -2.49. The molecule has 1 fully saturated rings. The highest BCUT2D eigenvalue weighted by Crippen LogP contribution is 2.43. The van der Waals surface area contributed by atoms with E-state index in [0.717, 1.165) is 0 Å². The standard InChI is InChI=1S/C8H14N4O2/c1-8(7(13)12(2)14-3)4-6(5-8)10-11-9/h6H,4-5H2,1-3H3. The fourth-order valence-electron chi connectivity index (χ4n) is 1.77. The number of hydrogen-bond donors (Lipinski definition) is 0. The predicted molar refractivity (Wildman–Crippen MR) is 50.1 cm³/mol. The molecular weight excluding hydrogens is 184 g/mol. The first-order valence-electron chi connectivity index (χ1n) is 4.40. The molecule has 0 unspecified atom stereocenters. The summed E-state index contributed by atoms with van der Waals surface area (Å²) in [5.41, 5.74) is 7.78. The summed E-state index contributed by atoms with van der Waals surface area (Å²) in [5, 5.41) is 4.78. The molecule has 0 N–H and O–H groups in total. The molecule has 0 atom stereocenters. The molecule has 0 bridgehead atoms. The van der Waals surface area contributed by atoms with Gasteiger partial charge in [0.2, 0.25) is 0 Å². The molecule has 0 spiro atoms. The maximum atomic E-state index is 11.7. The Kier molecular flexibility index (Phi) is 2.98. The second-order valence-corrected chi connectivity index (χ2v) is 3.81. The number of carbonyl (C=O) groups is 1. The lowest BCUT2D eigenvalue weighted by atomic mass is 9.66. The molecule has 1 amide bonds. The summed E-state index contributed by atoms with van der Waals surface area (Å²) in [4.78, 5) is 19.2. The number of rotatable bonds is 3. The van der Waals surface area contributed by atoms with E-state index < -0.39 is 5.41 Å². The Morgan fingerprint density at radius 3 is 2.71 bits per heavy atom. The summed E-state index contributed by atoms with van der Waals surface area (Å²) in [7, 11) is 3.03. The quantitative estimate of drug-likeness (QED) is 0.298. The minimum Gasteiger partial charge on any atom is -0.275 e. The highest BCUT2D eigenvalue weighted by molar-refractivity contribution is 5.82. The van der Waals surface area contributed by atoms with E-state index in [1.807, 2.05) is 6.92 Å². The van der Waals surface area contributed by atoms with Crippen molar-refractivity contribution in [3.63, 3.8) is 0 Å². The van der Waals surface area contributed by atoms with Crippen LogP contribution in [0, 0.1) is 5.41 Å². The third kappa shape index (κ3) is 1.81. The minimum atomic E-state index is -0.427. The third-order valence-corrected chi connectivity index (χ3v) is 2.66. The second-order valence-electron chi connectivity index (χ2n) is 3.81. The molecule has 1 rings (SSSR count). The van der Waals surface area contributed by atoms with Crippen LogP contribution >= 0.6 is 0 Å². The van der Waals surface area contributed by atoms with Crippen LogP contribution in [0.1, 0.15) is 19.8 Å². The van der Waals surface area contributed by atoms with E-state index in [1.54, 1.807) is 7.05 Å². The topological polar surface area (TPSA) is 78.3 Å². The number of nitrogens with zero attached hydrogens (tertiary/aromatic N) is 4. The lowest BCUT2D eigenvalue weighted by Gasteiger charge is -2.42. The third-order valence-electron chi connectivity index (χ3n) is 2.66. The molecule has 6 heteroatoms. The summed E-state index contributed by atoms with van der Waals surface area (Å²) in [6.45, 7) is 1.86. The molecule has 14 heavy (non-hydrogen) atoms. The van der Waals surface area contributed by atoms with Crippen LogP contribution in [0.3, 0.4) is 0 Å². The van der Waals surface area contributed by atoms with E-state index >= 15 is 0 Å². The van der Waals surface area contributed by atoms with Gasteiger partial charge in [-0.3, -0.25) is 9.63 Å². The molecule has 0 aromatic heterocycles. The van der Waals surface area contributed by atoms with Crippen LogP contribution in [-0.2, 0) is 9.63 Å². The Bertz CT molecular complexity index is 279. The molecule has 0 saturated heterocycles. The minimum absolute atomic E-state index is 0.0424. The van der Waals surface area contributed by atoms with Crippen molar-refractivity contribution in [1.82, 2.24) is 5.06 Å². The summed E-state index contributed by atoms with van der Waals surface area (Å²) in [6, 6.07) is -0.0424. The van der Waals surface area contributed by atoms with Crippen molar-refractivity contribution in [1.29, 1.82) is 0 Å². The Balaban J connectivity index is 2.55. The van der Waals surface area contributed by atoms with Crippen LogP contribution in [0.4, 0.5) is 0 Å². The van der Waals surface area contributed by atoms with Gasteiger partial charge in [-0.15, -0.1) is 0 Å². The molecule has 0 heterocycles. The van der Waals surface area contributed by atoms with E-state index in [0.29, 0.717) is 12.8 Å². The maximum Gasteiger partial charge on any atom is 0.251 e. The van der Waals surface area contributed by atoms with Gasteiger partial charge in [0.15, 0.2) is 0 Å². The Hall–Kier alpha value is -1.26. The van der Waals surface area contributed by atoms with Crippen LogP contribution in [0.5, 0.6) is 0 Å². The zero-order chi connectivity index (χ0) is 10.8. The molecule has 0 radical (unpaired) electrons. The van der Waals surface area contributed by atoms with Gasteiger partial charge in [0, 0.05) is 23.4 Å². The van der Waals surface area contributed by atoms with E-state index in [1.165, 1.54) is 12.2 Å². The van der Waals surface area contributed by atoms with Crippen molar-refractivity contribution in [3.8, 4) is 0 Å². The molecule has 6 nitrogen and oxygen atoms in total. The number of azide groups is 1. The van der Waals surface area contributed by atoms with Gasteiger partial charge in [-0.25, -0.2) is 5.06 Å². The molecule has 78 valence electrons. The second kappa shape index (κ2) is 3.86. The molecule has 0 aromatic rings. The van der Waals surface area contributed by atoms with Crippen molar-refractivity contribution in [2.45, 2.75) is 25.8 Å². The number of hydroxylamine groups is 2.